The molecule has 0 amide bonds. The van der Waals surface area contributed by atoms with Crippen molar-refractivity contribution in [1.29, 1.82) is 0 Å². The van der Waals surface area contributed by atoms with Gasteiger partial charge in [0.1, 0.15) is 24.4 Å². The summed E-state index contributed by atoms with van der Waals surface area (Å²) in [5.74, 6) is -1.71. The van der Waals surface area contributed by atoms with Gasteiger partial charge in [-0.25, -0.2) is 4.79 Å². The third-order valence-corrected chi connectivity index (χ3v) is 9.41. The van der Waals surface area contributed by atoms with Gasteiger partial charge in [-0.15, -0.1) is 0 Å². The highest BCUT2D eigenvalue weighted by atomic mass is 16.9. The van der Waals surface area contributed by atoms with Crippen LogP contribution in [0.2, 0.25) is 0 Å². The quantitative estimate of drug-likeness (QED) is 0.365. The van der Waals surface area contributed by atoms with Crippen LogP contribution in [-0.4, -0.2) is 67.1 Å². The van der Waals surface area contributed by atoms with E-state index in [9.17, 15) is 4.79 Å². The molecule has 2 saturated carbocycles. The predicted octanol–water partition coefficient (Wildman–Crippen LogP) is 5.11. The Balaban J connectivity index is 1.32. The molecule has 5 fully saturated rings. The number of esters is 1. The van der Waals surface area contributed by atoms with Crippen LogP contribution in [0.1, 0.15) is 83.6 Å². The lowest BCUT2D eigenvalue weighted by molar-refractivity contribution is -0.240. The van der Waals surface area contributed by atoms with Crippen LogP contribution < -0.4 is 0 Å². The molecule has 8 nitrogen and oxygen atoms in total. The Labute approximate surface area is 231 Å². The summed E-state index contributed by atoms with van der Waals surface area (Å²) in [4.78, 5) is 18.3. The summed E-state index contributed by atoms with van der Waals surface area (Å²) in [6.07, 6.45) is 10.1. The van der Waals surface area contributed by atoms with Crippen LogP contribution in [0.4, 0.5) is 0 Å². The largest absolute Gasteiger partial charge is 0.467 e. The Morgan fingerprint density at radius 3 is 2.13 bits per heavy atom. The van der Waals surface area contributed by atoms with E-state index in [1.54, 1.807) is 6.21 Å². The molecule has 0 aromatic heterocycles. The highest BCUT2D eigenvalue weighted by Gasteiger charge is 2.63. The fourth-order valence-corrected chi connectivity index (χ4v) is 7.16. The van der Waals surface area contributed by atoms with Gasteiger partial charge < -0.3 is 28.4 Å². The van der Waals surface area contributed by atoms with E-state index >= 15 is 0 Å². The number of carbonyl (C=O) groups is 1. The van der Waals surface area contributed by atoms with Gasteiger partial charge in [-0.1, -0.05) is 57.0 Å². The van der Waals surface area contributed by atoms with Crippen molar-refractivity contribution in [2.24, 2.45) is 10.9 Å². The number of nitrogens with zero attached hydrogens (tertiary/aromatic N) is 1. The minimum Gasteiger partial charge on any atom is -0.467 e. The van der Waals surface area contributed by atoms with Crippen LogP contribution >= 0.6 is 0 Å². The molecule has 0 radical (unpaired) electrons. The van der Waals surface area contributed by atoms with Crippen molar-refractivity contribution >= 4 is 12.2 Å². The first-order chi connectivity index (χ1) is 18.9. The van der Waals surface area contributed by atoms with Crippen molar-refractivity contribution in [3.05, 3.63) is 35.9 Å². The van der Waals surface area contributed by atoms with Gasteiger partial charge in [-0.2, -0.15) is 0 Å². The average molecular weight is 542 g/mol. The molecule has 1 aromatic rings. The number of aliphatic imine (C=N–C) groups is 1. The van der Waals surface area contributed by atoms with E-state index in [0.29, 0.717) is 6.42 Å². The number of fused-ring (bicyclic) bond motifs is 3. The van der Waals surface area contributed by atoms with E-state index in [1.807, 2.05) is 44.2 Å². The first kappa shape index (κ1) is 27.3. The van der Waals surface area contributed by atoms with E-state index < -0.39 is 35.6 Å². The number of rotatable bonds is 6. The first-order valence-electron chi connectivity index (χ1n) is 14.9. The number of hydrogen-bond donors (Lipinski definition) is 0. The minimum absolute atomic E-state index is 0.115. The topological polar surface area (TPSA) is 84.8 Å². The van der Waals surface area contributed by atoms with Crippen LogP contribution in [0, 0.1) is 5.92 Å². The Bertz CT molecular complexity index is 1030. The molecule has 3 heterocycles. The fourth-order valence-electron chi connectivity index (χ4n) is 7.16. The third kappa shape index (κ3) is 5.08. The summed E-state index contributed by atoms with van der Waals surface area (Å²) >= 11 is 0. The summed E-state index contributed by atoms with van der Waals surface area (Å²) in [5, 5.41) is 0. The molecule has 5 aliphatic rings. The minimum atomic E-state index is -1.11. The predicted molar refractivity (Wildman–Crippen MR) is 144 cm³/mol. The van der Waals surface area contributed by atoms with E-state index in [2.05, 4.69) is 0 Å². The average Bonchev–Trinajstić information content (AvgIpc) is 3.49. The second-order valence-electron chi connectivity index (χ2n) is 12.3. The second-order valence-corrected chi connectivity index (χ2v) is 12.3. The van der Waals surface area contributed by atoms with Gasteiger partial charge >= 0.3 is 5.97 Å². The Morgan fingerprint density at radius 2 is 1.51 bits per heavy atom. The molecule has 214 valence electrons. The molecular weight excluding hydrogens is 498 g/mol. The Morgan fingerprint density at radius 1 is 0.923 bits per heavy atom. The van der Waals surface area contributed by atoms with E-state index in [4.69, 9.17) is 33.4 Å². The van der Waals surface area contributed by atoms with Crippen molar-refractivity contribution in [3.63, 3.8) is 0 Å². The lowest BCUT2D eigenvalue weighted by atomic mass is 9.81. The smallest absolute Gasteiger partial charge is 0.334 e. The summed E-state index contributed by atoms with van der Waals surface area (Å²) < 4.78 is 38.5. The summed E-state index contributed by atoms with van der Waals surface area (Å²) in [7, 11) is 1.42. The van der Waals surface area contributed by atoms with Gasteiger partial charge in [0.2, 0.25) is 0 Å². The summed E-state index contributed by atoms with van der Waals surface area (Å²) in [6.45, 7) is 4.01. The first-order valence-corrected chi connectivity index (χ1v) is 14.9. The van der Waals surface area contributed by atoms with Crippen molar-refractivity contribution in [2.45, 2.75) is 132 Å². The normalized spacial score (nSPS) is 34.7. The van der Waals surface area contributed by atoms with E-state index in [-0.39, 0.29) is 24.1 Å². The zero-order valence-corrected chi connectivity index (χ0v) is 23.5. The van der Waals surface area contributed by atoms with Gasteiger partial charge in [0.15, 0.2) is 23.4 Å². The van der Waals surface area contributed by atoms with Crippen LogP contribution in [0.3, 0.4) is 0 Å². The molecule has 6 rings (SSSR count). The van der Waals surface area contributed by atoms with E-state index in [1.165, 1.54) is 20.0 Å². The van der Waals surface area contributed by atoms with Gasteiger partial charge in [0.25, 0.3) is 0 Å². The molecule has 6 atom stereocenters. The molecule has 3 aliphatic heterocycles. The number of ether oxygens (including phenoxy) is 6. The zero-order chi connectivity index (χ0) is 27.1. The molecule has 2 aliphatic carbocycles. The summed E-state index contributed by atoms with van der Waals surface area (Å²) in [6, 6.07) is 9.95. The molecule has 0 N–H and O–H groups in total. The number of carbonyl (C=O) groups excluding carboxylic acids is 1. The second kappa shape index (κ2) is 10.9. The highest BCUT2D eigenvalue weighted by molar-refractivity contribution is 5.84. The third-order valence-electron chi connectivity index (χ3n) is 9.41. The van der Waals surface area contributed by atoms with Crippen molar-refractivity contribution in [3.8, 4) is 0 Å². The molecule has 3 saturated heterocycles. The van der Waals surface area contributed by atoms with Crippen LogP contribution in [0.25, 0.3) is 0 Å². The van der Waals surface area contributed by atoms with E-state index in [0.717, 1.165) is 56.9 Å². The molecular formula is C31H43NO7. The van der Waals surface area contributed by atoms with Crippen molar-refractivity contribution in [1.82, 2.24) is 0 Å². The molecule has 0 unspecified atom stereocenters. The van der Waals surface area contributed by atoms with Crippen molar-refractivity contribution < 1.29 is 33.2 Å². The molecule has 2 spiro atoms. The maximum atomic E-state index is 13.3. The SMILES string of the molecule is COC(=O)[C@](Cc1ccccc1)(N=C[C@H]1O[C@@H]2OC3(CCCCC3)O[C@@H]2[C@H]2OC3(CCCCC3)O[C@H]21)C(C)C. The maximum Gasteiger partial charge on any atom is 0.334 e. The molecule has 39 heavy (non-hydrogen) atoms. The standard InChI is InChI=1S/C31H43NO7/c1-21(2)31(28(33)34-3,19-22-13-7-4-8-14-22)32-20-23-24-25(37-29(36-24)15-9-5-10-16-29)26-27(35-23)39-30(38-26)17-11-6-12-18-30/h4,7-8,13-14,20-21,23-27H,5-6,9-12,15-19H2,1-3H3/t23-,24+,25+,26-,27-,31-/m1/s1. The van der Waals surface area contributed by atoms with Gasteiger partial charge in [0.05, 0.1) is 7.11 Å². The van der Waals surface area contributed by atoms with Gasteiger partial charge in [-0.3, -0.25) is 4.99 Å². The molecule has 1 aromatic carbocycles. The number of hydrogen-bond acceptors (Lipinski definition) is 8. The van der Waals surface area contributed by atoms with Crippen LogP contribution in [0.15, 0.2) is 35.3 Å². The maximum absolute atomic E-state index is 13.3. The highest BCUT2D eigenvalue weighted by Crippen LogP contribution is 2.50. The zero-order valence-electron chi connectivity index (χ0n) is 23.5. The van der Waals surface area contributed by atoms with Gasteiger partial charge in [0, 0.05) is 38.3 Å². The fraction of sp³-hybridized carbons (Fsp3) is 0.742. The summed E-state index contributed by atoms with van der Waals surface area (Å²) in [5.41, 5.74) is -0.0876. The molecule has 0 bridgehead atoms. The number of benzene rings is 1. The van der Waals surface area contributed by atoms with Crippen LogP contribution in [-0.2, 0) is 39.6 Å². The van der Waals surface area contributed by atoms with Gasteiger partial charge in [-0.05, 0) is 37.2 Å². The van der Waals surface area contributed by atoms with Crippen molar-refractivity contribution in [2.75, 3.05) is 7.11 Å². The Kier molecular flexibility index (Phi) is 7.61. The lowest BCUT2D eigenvalue weighted by Gasteiger charge is -2.37. The number of methoxy groups -OCH3 is 1. The monoisotopic (exact) mass is 541 g/mol. The molecule has 8 heteroatoms. The Hall–Kier alpha value is -1.84. The van der Waals surface area contributed by atoms with Crippen LogP contribution in [0.5, 0.6) is 0 Å². The lowest BCUT2D eigenvalue weighted by Crippen LogP contribution is -2.56.